The van der Waals surface area contributed by atoms with E-state index in [0.717, 1.165) is 49.6 Å². The van der Waals surface area contributed by atoms with Gasteiger partial charge in [-0.1, -0.05) is 6.07 Å². The number of aromatic nitrogens is 4. The highest BCUT2D eigenvalue weighted by Gasteiger charge is 2.27. The molecule has 4 rings (SSSR count). The van der Waals surface area contributed by atoms with E-state index in [9.17, 15) is 0 Å². The van der Waals surface area contributed by atoms with Gasteiger partial charge in [-0.2, -0.15) is 0 Å². The lowest BCUT2D eigenvalue weighted by molar-refractivity contribution is 0.370. The zero-order chi connectivity index (χ0) is 17.9. The van der Waals surface area contributed by atoms with Crippen molar-refractivity contribution in [2.75, 3.05) is 31.1 Å². The Morgan fingerprint density at radius 3 is 2.56 bits per heavy atom. The molecule has 0 atom stereocenters. The minimum absolute atomic E-state index is 0. The van der Waals surface area contributed by atoms with Gasteiger partial charge in [-0.3, -0.25) is 0 Å². The van der Waals surface area contributed by atoms with Crippen molar-refractivity contribution in [2.45, 2.75) is 32.4 Å². The number of halogens is 1. The largest absolute Gasteiger partial charge is 0.353 e. The molecule has 0 bridgehead atoms. The third-order valence-corrected chi connectivity index (χ3v) is 5.02. The molecule has 1 saturated heterocycles. The highest BCUT2D eigenvalue weighted by Crippen LogP contribution is 2.20. The Balaban J connectivity index is 0.00000210. The topological polar surface area (TPSA) is 74.5 Å². The second-order valence-corrected chi connectivity index (χ2v) is 6.94. The first-order chi connectivity index (χ1) is 12.7. The van der Waals surface area contributed by atoms with Crippen molar-refractivity contribution >= 4 is 35.8 Å². The third kappa shape index (κ3) is 4.88. The van der Waals surface area contributed by atoms with Crippen LogP contribution in [0.25, 0.3) is 0 Å². The summed E-state index contributed by atoms with van der Waals surface area (Å²) < 4.78 is 2.00. The molecule has 27 heavy (non-hydrogen) atoms. The van der Waals surface area contributed by atoms with E-state index in [0.29, 0.717) is 12.6 Å². The summed E-state index contributed by atoms with van der Waals surface area (Å²) >= 11 is 0. The van der Waals surface area contributed by atoms with E-state index >= 15 is 0 Å². The van der Waals surface area contributed by atoms with Gasteiger partial charge in [0, 0.05) is 45.5 Å². The molecule has 1 N–H and O–H groups in total. The lowest BCUT2D eigenvalue weighted by Crippen LogP contribution is -2.53. The van der Waals surface area contributed by atoms with Gasteiger partial charge in [-0.05, 0) is 31.9 Å². The maximum absolute atomic E-state index is 4.84. The number of pyridine rings is 1. The normalized spacial score (nSPS) is 17.6. The molecule has 2 aliphatic rings. The van der Waals surface area contributed by atoms with Crippen molar-refractivity contribution in [3.8, 4) is 0 Å². The number of hydrogen-bond donors (Lipinski definition) is 1. The molecule has 1 aliphatic carbocycles. The Morgan fingerprint density at radius 1 is 1.19 bits per heavy atom. The maximum Gasteiger partial charge on any atom is 0.194 e. The van der Waals surface area contributed by atoms with E-state index in [-0.39, 0.29) is 24.0 Å². The Kier molecular flexibility index (Phi) is 6.51. The number of guanidine groups is 1. The lowest BCUT2D eigenvalue weighted by Gasteiger charge is -2.37. The van der Waals surface area contributed by atoms with Crippen LogP contribution in [0, 0.1) is 6.92 Å². The van der Waals surface area contributed by atoms with Crippen LogP contribution in [0.4, 0.5) is 5.82 Å². The molecule has 146 valence electrons. The molecule has 0 radical (unpaired) electrons. The highest BCUT2D eigenvalue weighted by atomic mass is 127. The van der Waals surface area contributed by atoms with Crippen LogP contribution >= 0.6 is 24.0 Å². The van der Waals surface area contributed by atoms with Gasteiger partial charge < -0.3 is 19.7 Å². The number of nitrogens with one attached hydrogen (secondary N) is 1. The van der Waals surface area contributed by atoms with E-state index < -0.39 is 0 Å². The van der Waals surface area contributed by atoms with Crippen molar-refractivity contribution in [3.63, 3.8) is 0 Å². The number of rotatable bonds is 4. The zero-order valence-corrected chi connectivity index (χ0v) is 18.2. The minimum atomic E-state index is 0. The summed E-state index contributed by atoms with van der Waals surface area (Å²) in [7, 11) is 1.99. The average molecular weight is 482 g/mol. The van der Waals surface area contributed by atoms with Crippen LogP contribution in [0.2, 0.25) is 0 Å². The predicted octanol–water partition coefficient (Wildman–Crippen LogP) is 1.57. The van der Waals surface area contributed by atoms with Crippen LogP contribution in [0.15, 0.2) is 29.4 Å². The second kappa shape index (κ2) is 8.85. The molecule has 0 unspecified atom stereocenters. The van der Waals surface area contributed by atoms with Gasteiger partial charge in [0.1, 0.15) is 18.2 Å². The molecule has 2 fully saturated rings. The van der Waals surface area contributed by atoms with E-state index in [1.54, 1.807) is 0 Å². The van der Waals surface area contributed by atoms with Gasteiger partial charge in [0.2, 0.25) is 0 Å². The molecule has 2 aromatic heterocycles. The standard InChI is InChI=1S/C18H26N8.HI/c1-14-22-23-17(24(14)2)13-20-18(21-15-6-7-15)26-11-9-25(10-12-26)16-5-3-4-8-19-16;/h3-5,8,15H,6-7,9-13H2,1-2H3,(H,20,21);1H. The summed E-state index contributed by atoms with van der Waals surface area (Å²) in [4.78, 5) is 14.0. The van der Waals surface area contributed by atoms with Crippen molar-refractivity contribution in [2.24, 2.45) is 12.0 Å². The number of hydrogen-bond acceptors (Lipinski definition) is 5. The molecule has 3 heterocycles. The Morgan fingerprint density at radius 2 is 1.96 bits per heavy atom. The van der Waals surface area contributed by atoms with Crippen LogP contribution in [0.3, 0.4) is 0 Å². The van der Waals surface area contributed by atoms with Crippen LogP contribution in [0.5, 0.6) is 0 Å². The molecule has 0 aromatic carbocycles. The van der Waals surface area contributed by atoms with Crippen LogP contribution in [-0.2, 0) is 13.6 Å². The van der Waals surface area contributed by atoms with Crippen LogP contribution in [0.1, 0.15) is 24.5 Å². The molecule has 0 spiro atoms. The number of piperazine rings is 1. The fourth-order valence-electron chi connectivity index (χ4n) is 3.07. The summed E-state index contributed by atoms with van der Waals surface area (Å²) in [5.74, 6) is 3.85. The molecule has 2 aromatic rings. The molecule has 1 aliphatic heterocycles. The average Bonchev–Trinajstić information content (AvgIpc) is 3.45. The van der Waals surface area contributed by atoms with Gasteiger partial charge in [-0.15, -0.1) is 34.2 Å². The smallest absolute Gasteiger partial charge is 0.194 e. The van der Waals surface area contributed by atoms with Gasteiger partial charge in [0.05, 0.1) is 0 Å². The molecular formula is C18H27IN8. The molecular weight excluding hydrogens is 455 g/mol. The number of aliphatic imine (C=N–C) groups is 1. The van der Waals surface area contributed by atoms with E-state index in [4.69, 9.17) is 4.99 Å². The Hall–Kier alpha value is -1.91. The Labute approximate surface area is 177 Å². The van der Waals surface area contributed by atoms with E-state index in [1.807, 2.05) is 36.9 Å². The third-order valence-electron chi connectivity index (χ3n) is 5.02. The number of aryl methyl sites for hydroxylation is 1. The fraction of sp³-hybridized carbons (Fsp3) is 0.556. The van der Waals surface area contributed by atoms with Crippen molar-refractivity contribution in [1.29, 1.82) is 0 Å². The first kappa shape index (κ1) is 19.8. The van der Waals surface area contributed by atoms with E-state index in [2.05, 4.69) is 36.4 Å². The summed E-state index contributed by atoms with van der Waals surface area (Å²) in [6.07, 6.45) is 4.32. The van der Waals surface area contributed by atoms with Crippen LogP contribution in [-0.4, -0.2) is 62.8 Å². The molecule has 8 nitrogen and oxygen atoms in total. The quantitative estimate of drug-likeness (QED) is 0.405. The van der Waals surface area contributed by atoms with Gasteiger partial charge in [0.15, 0.2) is 11.8 Å². The first-order valence-corrected chi connectivity index (χ1v) is 9.27. The van der Waals surface area contributed by atoms with Crippen molar-refractivity contribution in [1.82, 2.24) is 30.0 Å². The second-order valence-electron chi connectivity index (χ2n) is 6.94. The van der Waals surface area contributed by atoms with Crippen LogP contribution < -0.4 is 10.2 Å². The lowest BCUT2D eigenvalue weighted by atomic mass is 10.3. The maximum atomic E-state index is 4.84. The highest BCUT2D eigenvalue weighted by molar-refractivity contribution is 14.0. The number of nitrogens with zero attached hydrogens (tertiary/aromatic N) is 7. The summed E-state index contributed by atoms with van der Waals surface area (Å²) in [5, 5.41) is 11.9. The first-order valence-electron chi connectivity index (χ1n) is 9.27. The van der Waals surface area contributed by atoms with E-state index in [1.165, 1.54) is 12.8 Å². The molecule has 1 saturated carbocycles. The predicted molar refractivity (Wildman–Crippen MR) is 116 cm³/mol. The summed E-state index contributed by atoms with van der Waals surface area (Å²) in [5.41, 5.74) is 0. The zero-order valence-electron chi connectivity index (χ0n) is 15.9. The van der Waals surface area contributed by atoms with Crippen molar-refractivity contribution in [3.05, 3.63) is 36.0 Å². The van der Waals surface area contributed by atoms with Gasteiger partial charge >= 0.3 is 0 Å². The monoisotopic (exact) mass is 482 g/mol. The molecule has 0 amide bonds. The SMILES string of the molecule is Cc1nnc(CN=C(NC2CC2)N2CCN(c3ccccn3)CC2)n1C.I. The van der Waals surface area contributed by atoms with Gasteiger partial charge in [-0.25, -0.2) is 9.98 Å². The summed E-state index contributed by atoms with van der Waals surface area (Å²) in [6, 6.07) is 6.64. The minimum Gasteiger partial charge on any atom is -0.353 e. The van der Waals surface area contributed by atoms with Gasteiger partial charge in [0.25, 0.3) is 0 Å². The Bertz CT molecular complexity index is 763. The van der Waals surface area contributed by atoms with Crippen molar-refractivity contribution < 1.29 is 0 Å². The number of anilines is 1. The fourth-order valence-corrected chi connectivity index (χ4v) is 3.07. The molecule has 9 heteroatoms. The summed E-state index contributed by atoms with van der Waals surface area (Å²) in [6.45, 7) is 6.28.